The topological polar surface area (TPSA) is 201 Å². The van der Waals surface area contributed by atoms with Gasteiger partial charge in [-0.25, -0.2) is 9.59 Å². The third-order valence-electron chi connectivity index (χ3n) is 10.6. The molecule has 356 valence electrons. The molecule has 64 heavy (non-hydrogen) atoms. The van der Waals surface area contributed by atoms with Gasteiger partial charge >= 0.3 is 12.1 Å². The third-order valence-corrected chi connectivity index (χ3v) is 10.6. The molecule has 1 aromatic rings. The van der Waals surface area contributed by atoms with Gasteiger partial charge in [0.05, 0.1) is 6.04 Å². The van der Waals surface area contributed by atoms with Gasteiger partial charge in [-0.15, -0.1) is 0 Å². The fourth-order valence-corrected chi connectivity index (χ4v) is 7.13. The van der Waals surface area contributed by atoms with Gasteiger partial charge in [0.15, 0.2) is 0 Å². The summed E-state index contributed by atoms with van der Waals surface area (Å²) in [4.78, 5) is 110. The van der Waals surface area contributed by atoms with Gasteiger partial charge in [-0.05, 0) is 78.2 Å². The largest absolute Gasteiger partial charge is 0.458 e. The number of hydrogen-bond donors (Lipinski definition) is 3. The second-order valence-electron chi connectivity index (χ2n) is 20.4. The van der Waals surface area contributed by atoms with Crippen molar-refractivity contribution in [3.05, 3.63) is 59.7 Å². The molecule has 0 fully saturated rings. The lowest BCUT2D eigenvalue weighted by Crippen LogP contribution is -2.63. The molecule has 4 atom stereocenters. The molecule has 2 rings (SSSR count). The molecule has 1 aliphatic rings. The Morgan fingerprint density at radius 2 is 1.33 bits per heavy atom. The van der Waals surface area contributed by atoms with Crippen molar-refractivity contribution < 1.29 is 47.8 Å². The molecule has 0 radical (unpaired) electrons. The molecule has 1 heterocycles. The summed E-state index contributed by atoms with van der Waals surface area (Å²) >= 11 is 0. The number of nitrogens with one attached hydrogen (secondary N) is 3. The summed E-state index contributed by atoms with van der Waals surface area (Å²) in [5.41, 5.74) is -2.51. The number of carbonyl (C=O) groups excluding carboxylic acids is 8. The number of esters is 1. The van der Waals surface area contributed by atoms with Crippen LogP contribution in [0.1, 0.15) is 122 Å². The Kier molecular flexibility index (Phi) is 19.1. The molecular weight excluding hydrogens is 821 g/mol. The minimum absolute atomic E-state index is 0.0864. The normalized spacial score (nSPS) is 15.5. The van der Waals surface area contributed by atoms with E-state index in [2.05, 4.69) is 16.0 Å². The Morgan fingerprint density at radius 1 is 0.781 bits per heavy atom. The Balaban J connectivity index is 2.35. The van der Waals surface area contributed by atoms with E-state index in [9.17, 15) is 38.4 Å². The van der Waals surface area contributed by atoms with Gasteiger partial charge < -0.3 is 30.3 Å². The number of imide groups is 1. The van der Waals surface area contributed by atoms with Crippen LogP contribution in [0.15, 0.2) is 54.1 Å². The SMILES string of the molecule is C/C(=C\[C@H](C(C)C)N(C)C(=O)[C@@H](NC(=O)[C@@H](N(C)C(=O)OC(C)(C)C)C(C)(C)c1ccccc1)C(C)(C)C)C(=O)N[C@H](CCC(=O)NCCCN1C(=O)C=CC1=O)C(=O)OC(C)(C)C. The lowest BCUT2D eigenvalue weighted by molar-refractivity contribution is -0.158. The maximum atomic E-state index is 14.6. The van der Waals surface area contributed by atoms with Crippen molar-refractivity contribution in [2.75, 3.05) is 27.2 Å². The Morgan fingerprint density at radius 3 is 1.83 bits per heavy atom. The number of carbonyl (C=O) groups is 8. The van der Waals surface area contributed by atoms with Gasteiger partial charge in [0, 0.05) is 56.7 Å². The van der Waals surface area contributed by atoms with Crippen LogP contribution in [0.5, 0.6) is 0 Å². The molecule has 0 spiro atoms. The minimum Gasteiger partial charge on any atom is -0.458 e. The maximum absolute atomic E-state index is 14.6. The summed E-state index contributed by atoms with van der Waals surface area (Å²) in [5, 5.41) is 8.43. The van der Waals surface area contributed by atoms with Crippen LogP contribution < -0.4 is 16.0 Å². The highest BCUT2D eigenvalue weighted by atomic mass is 16.6. The molecule has 16 heteroatoms. The van der Waals surface area contributed by atoms with Crippen molar-refractivity contribution in [1.82, 2.24) is 30.7 Å². The number of ether oxygens (including phenoxy) is 2. The van der Waals surface area contributed by atoms with E-state index >= 15 is 0 Å². The molecule has 0 unspecified atom stereocenters. The summed E-state index contributed by atoms with van der Waals surface area (Å²) in [6, 6.07) is 5.26. The van der Waals surface area contributed by atoms with E-state index in [1.165, 1.54) is 29.0 Å². The van der Waals surface area contributed by atoms with Gasteiger partial charge in [0.2, 0.25) is 23.6 Å². The van der Waals surface area contributed by atoms with E-state index in [1.54, 1.807) is 61.6 Å². The summed E-state index contributed by atoms with van der Waals surface area (Å²) < 4.78 is 11.3. The fraction of sp³-hybridized carbons (Fsp3) is 0.625. The highest BCUT2D eigenvalue weighted by molar-refractivity contribution is 6.12. The lowest BCUT2D eigenvalue weighted by atomic mass is 9.76. The molecule has 1 aromatic carbocycles. The first-order valence-corrected chi connectivity index (χ1v) is 21.9. The smallest absolute Gasteiger partial charge is 0.410 e. The van der Waals surface area contributed by atoms with Gasteiger partial charge in [-0.2, -0.15) is 0 Å². The number of benzene rings is 1. The highest BCUT2D eigenvalue weighted by Gasteiger charge is 2.46. The molecule has 0 aromatic heterocycles. The van der Waals surface area contributed by atoms with Crippen LogP contribution in [0.2, 0.25) is 0 Å². The van der Waals surface area contributed by atoms with Gasteiger partial charge in [0.1, 0.15) is 29.3 Å². The lowest BCUT2D eigenvalue weighted by Gasteiger charge is -2.42. The van der Waals surface area contributed by atoms with E-state index in [-0.39, 0.29) is 37.4 Å². The van der Waals surface area contributed by atoms with Crippen molar-refractivity contribution in [2.24, 2.45) is 11.3 Å². The maximum Gasteiger partial charge on any atom is 0.410 e. The van der Waals surface area contributed by atoms with E-state index in [1.807, 2.05) is 78.8 Å². The standard InChI is InChI=1S/C48H74N6O10/c1-30(2)34(29-31(3)40(58)50-33(43(61)63-46(7,8)9)23-24-35(55)49-27-20-28-54-36(56)25-26-37(54)57)52(15)42(60)38(45(4,5)6)51-41(59)39(53(16)44(62)64-47(10,11)12)48(13,14)32-21-18-17-19-22-32/h17-19,21-22,25-26,29-30,33-34,38-39H,20,23-24,27-28H2,1-16H3,(H,49,55)(H,50,58)(H,51,59)/b31-29+/t33-,34-,38-,39-/m1/s1. The zero-order valence-electron chi connectivity index (χ0n) is 41.0. The molecule has 7 amide bonds. The fourth-order valence-electron chi connectivity index (χ4n) is 7.13. The van der Waals surface area contributed by atoms with Crippen LogP contribution in [-0.2, 0) is 48.5 Å². The van der Waals surface area contributed by atoms with Crippen LogP contribution in [0, 0.1) is 11.3 Å². The number of amides is 7. The quantitative estimate of drug-likeness (QED) is 0.0718. The Bertz CT molecular complexity index is 1900. The van der Waals surface area contributed by atoms with E-state index < -0.39 is 93.7 Å². The van der Waals surface area contributed by atoms with E-state index in [0.29, 0.717) is 6.42 Å². The van der Waals surface area contributed by atoms with Crippen LogP contribution in [-0.4, -0.2) is 125 Å². The zero-order valence-corrected chi connectivity index (χ0v) is 41.0. The summed E-state index contributed by atoms with van der Waals surface area (Å²) in [7, 11) is 3.10. The van der Waals surface area contributed by atoms with Gasteiger partial charge in [0.25, 0.3) is 11.8 Å². The Hall–Kier alpha value is -5.54. The molecule has 0 saturated carbocycles. The molecular formula is C48H74N6O10. The van der Waals surface area contributed by atoms with E-state index in [4.69, 9.17) is 9.47 Å². The summed E-state index contributed by atoms with van der Waals surface area (Å²) in [5.74, 6) is -3.80. The predicted octanol–water partition coefficient (Wildman–Crippen LogP) is 5.20. The highest BCUT2D eigenvalue weighted by Crippen LogP contribution is 2.32. The number of hydrogen-bond acceptors (Lipinski definition) is 10. The monoisotopic (exact) mass is 895 g/mol. The second-order valence-corrected chi connectivity index (χ2v) is 20.4. The first-order valence-electron chi connectivity index (χ1n) is 21.9. The zero-order chi connectivity index (χ0) is 49.1. The van der Waals surface area contributed by atoms with Crippen LogP contribution in [0.4, 0.5) is 4.79 Å². The van der Waals surface area contributed by atoms with Crippen LogP contribution in [0.3, 0.4) is 0 Å². The molecule has 16 nitrogen and oxygen atoms in total. The van der Waals surface area contributed by atoms with Crippen molar-refractivity contribution in [2.45, 2.75) is 157 Å². The number of rotatable bonds is 19. The molecule has 1 aliphatic heterocycles. The Labute approximate surface area is 380 Å². The molecule has 0 saturated heterocycles. The van der Waals surface area contributed by atoms with Crippen molar-refractivity contribution in [1.29, 1.82) is 0 Å². The number of nitrogens with zero attached hydrogens (tertiary/aromatic N) is 3. The summed E-state index contributed by atoms with van der Waals surface area (Å²) in [6.07, 6.45) is 3.40. The van der Waals surface area contributed by atoms with E-state index in [0.717, 1.165) is 10.5 Å². The van der Waals surface area contributed by atoms with Crippen molar-refractivity contribution in [3.63, 3.8) is 0 Å². The first kappa shape index (κ1) is 54.6. The molecule has 3 N–H and O–H groups in total. The van der Waals surface area contributed by atoms with Crippen molar-refractivity contribution in [3.8, 4) is 0 Å². The molecule has 0 bridgehead atoms. The second kappa shape index (κ2) is 22.4. The van der Waals surface area contributed by atoms with Crippen molar-refractivity contribution >= 4 is 47.5 Å². The third kappa shape index (κ3) is 16.2. The summed E-state index contributed by atoms with van der Waals surface area (Å²) in [6.45, 7) is 25.1. The predicted molar refractivity (Wildman–Crippen MR) is 244 cm³/mol. The van der Waals surface area contributed by atoms with Gasteiger partial charge in [-0.3, -0.25) is 38.6 Å². The average Bonchev–Trinajstić information content (AvgIpc) is 3.49. The van der Waals surface area contributed by atoms with Crippen LogP contribution in [0.25, 0.3) is 0 Å². The minimum atomic E-state index is -1.20. The first-order chi connectivity index (χ1) is 29.3. The number of likely N-dealkylation sites (N-methyl/N-ethyl adjacent to an activating group) is 2. The average molecular weight is 895 g/mol. The van der Waals surface area contributed by atoms with Crippen LogP contribution >= 0.6 is 0 Å². The van der Waals surface area contributed by atoms with Gasteiger partial charge in [-0.1, -0.05) is 84.9 Å². The molecule has 0 aliphatic carbocycles.